The van der Waals surface area contributed by atoms with Crippen LogP contribution >= 0.6 is 24.0 Å². The van der Waals surface area contributed by atoms with Gasteiger partial charge in [-0.3, -0.25) is 9.67 Å². The summed E-state index contributed by atoms with van der Waals surface area (Å²) in [6.07, 6.45) is -0.298. The number of benzene rings is 1. The summed E-state index contributed by atoms with van der Waals surface area (Å²) in [4.78, 5) is 3.97. The van der Waals surface area contributed by atoms with Crippen molar-refractivity contribution < 1.29 is 17.6 Å². The summed E-state index contributed by atoms with van der Waals surface area (Å²) in [5, 5.41) is 9.87. The first-order chi connectivity index (χ1) is 11.8. The second-order valence-electron chi connectivity index (χ2n) is 5.42. The number of guanidine groups is 1. The van der Waals surface area contributed by atoms with E-state index >= 15 is 0 Å². The predicted octanol–water partition coefficient (Wildman–Crippen LogP) is 3.10. The number of alkyl halides is 3. The van der Waals surface area contributed by atoms with E-state index < -0.39 is 17.6 Å². The Balaban J connectivity index is 0.00000338. The maximum atomic E-state index is 13.1. The lowest BCUT2D eigenvalue weighted by molar-refractivity contribution is -0.138. The molecule has 10 heteroatoms. The third-order valence-electron chi connectivity index (χ3n) is 3.51. The summed E-state index contributed by atoms with van der Waals surface area (Å²) in [7, 11) is 3.34. The molecule has 0 fully saturated rings. The van der Waals surface area contributed by atoms with Crippen LogP contribution in [0.3, 0.4) is 0 Å². The Morgan fingerprint density at radius 2 is 2.00 bits per heavy atom. The van der Waals surface area contributed by atoms with Crippen LogP contribution in [0.25, 0.3) is 0 Å². The Morgan fingerprint density at radius 1 is 1.27 bits per heavy atom. The van der Waals surface area contributed by atoms with E-state index in [4.69, 9.17) is 0 Å². The minimum absolute atomic E-state index is 0. The van der Waals surface area contributed by atoms with Crippen molar-refractivity contribution in [2.24, 2.45) is 12.0 Å². The molecule has 1 heterocycles. The van der Waals surface area contributed by atoms with E-state index in [2.05, 4.69) is 20.7 Å². The first-order valence-electron chi connectivity index (χ1n) is 7.57. The molecule has 1 aromatic heterocycles. The van der Waals surface area contributed by atoms with Gasteiger partial charge in [0.1, 0.15) is 5.82 Å². The number of hydrogen-bond acceptors (Lipinski definition) is 2. The molecule has 144 valence electrons. The van der Waals surface area contributed by atoms with Gasteiger partial charge in [-0.1, -0.05) is 6.07 Å². The van der Waals surface area contributed by atoms with Crippen LogP contribution in [0.1, 0.15) is 16.7 Å². The second kappa shape index (κ2) is 9.74. The van der Waals surface area contributed by atoms with E-state index in [1.54, 1.807) is 10.9 Å². The number of nitrogens with one attached hydrogen (secondary N) is 2. The third kappa shape index (κ3) is 6.46. The van der Waals surface area contributed by atoms with Crippen molar-refractivity contribution in [3.8, 4) is 0 Å². The molecule has 1 aromatic carbocycles. The number of nitrogens with zero attached hydrogens (tertiary/aromatic N) is 3. The summed E-state index contributed by atoms with van der Waals surface area (Å²) < 4.78 is 53.7. The van der Waals surface area contributed by atoms with Crippen molar-refractivity contribution in [2.45, 2.75) is 19.1 Å². The van der Waals surface area contributed by atoms with Gasteiger partial charge in [-0.15, -0.1) is 24.0 Å². The summed E-state index contributed by atoms with van der Waals surface area (Å²) in [6, 6.07) is 2.62. The molecule has 0 bridgehead atoms. The minimum atomic E-state index is -4.61. The first-order valence-corrected chi connectivity index (χ1v) is 7.57. The molecule has 2 rings (SSSR count). The molecular formula is C16H20F4IN5. The fourth-order valence-corrected chi connectivity index (χ4v) is 2.29. The standard InChI is InChI=1S/C16H19F4N5.HI/c1-21-15(22-6-5-11-8-24-25(2)10-11)23-9-12-3-4-13(17)7-14(12)16(18,19)20;/h3-4,7-8,10H,5-6,9H2,1-2H3,(H2,21,22,23);1H. The molecule has 26 heavy (non-hydrogen) atoms. The third-order valence-corrected chi connectivity index (χ3v) is 3.51. The first kappa shape index (κ1) is 22.2. The Morgan fingerprint density at radius 3 is 2.58 bits per heavy atom. The van der Waals surface area contributed by atoms with Crippen LogP contribution in [0.5, 0.6) is 0 Å². The van der Waals surface area contributed by atoms with Crippen molar-refractivity contribution >= 4 is 29.9 Å². The van der Waals surface area contributed by atoms with Crippen molar-refractivity contribution in [3.63, 3.8) is 0 Å². The molecule has 0 unspecified atom stereocenters. The van der Waals surface area contributed by atoms with Crippen molar-refractivity contribution in [1.29, 1.82) is 0 Å². The molecule has 5 nitrogen and oxygen atoms in total. The van der Waals surface area contributed by atoms with Crippen LogP contribution in [0.15, 0.2) is 35.6 Å². The Bertz CT molecular complexity index is 742. The zero-order valence-corrected chi connectivity index (χ0v) is 16.6. The zero-order valence-electron chi connectivity index (χ0n) is 14.3. The van der Waals surface area contributed by atoms with Crippen LogP contribution in [-0.4, -0.2) is 29.3 Å². The number of hydrogen-bond donors (Lipinski definition) is 2. The molecule has 0 radical (unpaired) electrons. The Kier molecular flexibility index (Phi) is 8.31. The van der Waals surface area contributed by atoms with Gasteiger partial charge in [0.25, 0.3) is 0 Å². The fourth-order valence-electron chi connectivity index (χ4n) is 2.29. The van der Waals surface area contributed by atoms with Gasteiger partial charge < -0.3 is 10.6 Å². The van der Waals surface area contributed by atoms with Crippen molar-refractivity contribution in [1.82, 2.24) is 20.4 Å². The lowest BCUT2D eigenvalue weighted by Crippen LogP contribution is -2.38. The lowest BCUT2D eigenvalue weighted by atomic mass is 10.1. The highest BCUT2D eigenvalue weighted by atomic mass is 127. The molecule has 0 aliphatic rings. The summed E-state index contributed by atoms with van der Waals surface area (Å²) in [5.74, 6) is -0.559. The van der Waals surface area contributed by atoms with Gasteiger partial charge in [-0.25, -0.2) is 4.39 Å². The summed E-state index contributed by atoms with van der Waals surface area (Å²) >= 11 is 0. The lowest BCUT2D eigenvalue weighted by Gasteiger charge is -2.15. The molecule has 0 amide bonds. The summed E-state index contributed by atoms with van der Waals surface area (Å²) in [5.41, 5.74) is -0.0155. The monoisotopic (exact) mass is 485 g/mol. The Hall–Kier alpha value is -1.85. The number of rotatable bonds is 5. The highest BCUT2D eigenvalue weighted by molar-refractivity contribution is 14.0. The van der Waals surface area contributed by atoms with Gasteiger partial charge in [0.15, 0.2) is 5.96 Å². The van der Waals surface area contributed by atoms with Crippen molar-refractivity contribution in [2.75, 3.05) is 13.6 Å². The van der Waals surface area contributed by atoms with E-state index in [1.807, 2.05) is 13.2 Å². The molecular weight excluding hydrogens is 465 g/mol. The van der Waals surface area contributed by atoms with Crippen LogP contribution in [-0.2, 0) is 26.2 Å². The predicted molar refractivity (Wildman–Crippen MR) is 102 cm³/mol. The number of aryl methyl sites for hydroxylation is 1. The molecule has 2 N–H and O–H groups in total. The minimum Gasteiger partial charge on any atom is -0.356 e. The highest BCUT2D eigenvalue weighted by Gasteiger charge is 2.33. The molecule has 0 aliphatic heterocycles. The average molecular weight is 485 g/mol. The second-order valence-corrected chi connectivity index (χ2v) is 5.42. The molecule has 0 atom stereocenters. The average Bonchev–Trinajstić information content (AvgIpc) is 2.96. The maximum absolute atomic E-state index is 13.1. The normalized spacial score (nSPS) is 11.8. The van der Waals surface area contributed by atoms with Gasteiger partial charge in [0, 0.05) is 33.4 Å². The fraction of sp³-hybridized carbons (Fsp3) is 0.375. The van der Waals surface area contributed by atoms with E-state index in [-0.39, 0.29) is 36.1 Å². The largest absolute Gasteiger partial charge is 0.416 e. The number of halogens is 5. The maximum Gasteiger partial charge on any atom is 0.416 e. The molecule has 0 spiro atoms. The van der Waals surface area contributed by atoms with Gasteiger partial charge in [-0.05, 0) is 29.7 Å². The van der Waals surface area contributed by atoms with Gasteiger partial charge in [0.2, 0.25) is 0 Å². The smallest absolute Gasteiger partial charge is 0.356 e. The SMILES string of the molecule is CN=C(NCCc1cnn(C)c1)NCc1ccc(F)cc1C(F)(F)F.I. The highest BCUT2D eigenvalue weighted by Crippen LogP contribution is 2.32. The van der Waals surface area contributed by atoms with Gasteiger partial charge >= 0.3 is 6.18 Å². The van der Waals surface area contributed by atoms with E-state index in [9.17, 15) is 17.6 Å². The van der Waals surface area contributed by atoms with Crippen LogP contribution < -0.4 is 10.6 Å². The zero-order chi connectivity index (χ0) is 18.4. The Labute approximate surface area is 165 Å². The topological polar surface area (TPSA) is 54.2 Å². The number of aromatic nitrogens is 2. The van der Waals surface area contributed by atoms with E-state index in [1.165, 1.54) is 7.05 Å². The van der Waals surface area contributed by atoms with E-state index in [0.717, 1.165) is 17.7 Å². The van der Waals surface area contributed by atoms with Gasteiger partial charge in [-0.2, -0.15) is 18.3 Å². The van der Waals surface area contributed by atoms with Gasteiger partial charge in [0.05, 0.1) is 11.8 Å². The quantitative estimate of drug-likeness (QED) is 0.296. The van der Waals surface area contributed by atoms with Crippen LogP contribution in [0, 0.1) is 5.82 Å². The van der Waals surface area contributed by atoms with Crippen LogP contribution in [0.2, 0.25) is 0 Å². The molecule has 0 aliphatic carbocycles. The van der Waals surface area contributed by atoms with Crippen molar-refractivity contribution in [3.05, 3.63) is 53.1 Å². The molecule has 0 saturated carbocycles. The number of aliphatic imine (C=N–C) groups is 1. The van der Waals surface area contributed by atoms with Crippen LogP contribution in [0.4, 0.5) is 17.6 Å². The molecule has 0 saturated heterocycles. The van der Waals surface area contributed by atoms with E-state index in [0.29, 0.717) is 25.0 Å². The summed E-state index contributed by atoms with van der Waals surface area (Å²) in [6.45, 7) is 0.419. The molecule has 2 aromatic rings.